The van der Waals surface area contributed by atoms with Gasteiger partial charge in [-0.2, -0.15) is 0 Å². The van der Waals surface area contributed by atoms with Crippen LogP contribution in [0.5, 0.6) is 0 Å². The van der Waals surface area contributed by atoms with Crippen molar-refractivity contribution in [1.29, 1.82) is 0 Å². The molecule has 0 heterocycles. The Bertz CT molecular complexity index is 549. The van der Waals surface area contributed by atoms with Gasteiger partial charge >= 0.3 is 12.0 Å². The second kappa shape index (κ2) is 7.52. The van der Waals surface area contributed by atoms with Crippen LogP contribution in [0.15, 0.2) is 12.1 Å². The zero-order valence-corrected chi connectivity index (χ0v) is 13.6. The van der Waals surface area contributed by atoms with Crippen LogP contribution in [0.1, 0.15) is 25.8 Å². The molecule has 0 aliphatic rings. The van der Waals surface area contributed by atoms with Gasteiger partial charge in [-0.15, -0.1) is 0 Å². The second-order valence-corrected chi connectivity index (χ2v) is 5.50. The lowest BCUT2D eigenvalue weighted by Gasteiger charge is -2.27. The van der Waals surface area contributed by atoms with Gasteiger partial charge in [-0.05, 0) is 32.4 Å². The van der Waals surface area contributed by atoms with Crippen LogP contribution in [0.2, 0.25) is 10.0 Å². The molecular weight excluding hydrogens is 315 g/mol. The number of carboxylic acids is 1. The second-order valence-electron chi connectivity index (χ2n) is 4.72. The van der Waals surface area contributed by atoms with Gasteiger partial charge in [0, 0.05) is 12.6 Å². The van der Waals surface area contributed by atoms with E-state index in [4.69, 9.17) is 28.3 Å². The number of nitrogens with zero attached hydrogens (tertiary/aromatic N) is 1. The van der Waals surface area contributed by atoms with Crippen LogP contribution in [0.3, 0.4) is 0 Å². The van der Waals surface area contributed by atoms with Gasteiger partial charge in [0.15, 0.2) is 0 Å². The van der Waals surface area contributed by atoms with E-state index in [1.165, 1.54) is 4.90 Å². The molecule has 21 heavy (non-hydrogen) atoms. The first kappa shape index (κ1) is 17.6. The average molecular weight is 333 g/mol. The molecule has 0 bridgehead atoms. The summed E-state index contributed by atoms with van der Waals surface area (Å²) in [5, 5.41) is 12.2. The molecule has 0 aliphatic heterocycles. The van der Waals surface area contributed by atoms with Gasteiger partial charge in [0.25, 0.3) is 0 Å². The minimum absolute atomic E-state index is 0.128. The monoisotopic (exact) mass is 332 g/mol. The molecule has 0 saturated heterocycles. The minimum atomic E-state index is -0.958. The van der Waals surface area contributed by atoms with Crippen LogP contribution in [0.4, 0.5) is 10.5 Å². The van der Waals surface area contributed by atoms with E-state index in [1.807, 2.05) is 0 Å². The van der Waals surface area contributed by atoms with Gasteiger partial charge in [0.1, 0.15) is 0 Å². The maximum Gasteiger partial charge on any atom is 0.322 e. The number of benzene rings is 1. The molecule has 116 valence electrons. The smallest absolute Gasteiger partial charge is 0.322 e. The number of halogens is 2. The van der Waals surface area contributed by atoms with Crippen LogP contribution in [0, 0.1) is 6.92 Å². The van der Waals surface area contributed by atoms with Crippen LogP contribution >= 0.6 is 23.2 Å². The van der Waals surface area contributed by atoms with Crippen molar-refractivity contribution >= 4 is 40.9 Å². The maximum absolute atomic E-state index is 12.3. The molecule has 0 radical (unpaired) electrons. The summed E-state index contributed by atoms with van der Waals surface area (Å²) < 4.78 is 0. The lowest BCUT2D eigenvalue weighted by molar-refractivity contribution is -0.137. The molecule has 1 atom stereocenters. The Balaban J connectivity index is 2.93. The van der Waals surface area contributed by atoms with Crippen LogP contribution < -0.4 is 5.32 Å². The molecule has 0 spiro atoms. The highest BCUT2D eigenvalue weighted by Gasteiger charge is 2.22. The fourth-order valence-corrected chi connectivity index (χ4v) is 2.43. The highest BCUT2D eigenvalue weighted by molar-refractivity contribution is 6.40. The first-order chi connectivity index (χ1) is 9.77. The summed E-state index contributed by atoms with van der Waals surface area (Å²) in [5.74, 6) is -0.958. The molecule has 2 N–H and O–H groups in total. The third-order valence-corrected chi connectivity index (χ3v) is 3.92. The molecule has 7 heteroatoms. The molecule has 1 aromatic rings. The van der Waals surface area contributed by atoms with E-state index in [0.717, 1.165) is 5.56 Å². The van der Waals surface area contributed by atoms with Crippen molar-refractivity contribution in [1.82, 2.24) is 4.90 Å². The molecule has 0 aromatic heterocycles. The van der Waals surface area contributed by atoms with Crippen LogP contribution in [-0.4, -0.2) is 34.6 Å². The molecule has 2 amide bonds. The molecule has 0 fully saturated rings. The lowest BCUT2D eigenvalue weighted by atomic mass is 10.2. The molecule has 0 saturated carbocycles. The molecule has 0 aliphatic carbocycles. The van der Waals surface area contributed by atoms with Crippen molar-refractivity contribution in [2.75, 3.05) is 11.9 Å². The number of carboxylic acid groups (broad SMARTS) is 1. The number of aliphatic carboxylic acids is 1. The number of aryl methyl sites for hydroxylation is 1. The summed E-state index contributed by atoms with van der Waals surface area (Å²) in [7, 11) is 0. The number of amides is 2. The summed E-state index contributed by atoms with van der Waals surface area (Å²) in [4.78, 5) is 24.5. The predicted octanol–water partition coefficient (Wildman–Crippen LogP) is 4.02. The lowest BCUT2D eigenvalue weighted by Crippen LogP contribution is -2.42. The summed E-state index contributed by atoms with van der Waals surface area (Å²) in [6.07, 6.45) is -0.128. The van der Waals surface area contributed by atoms with Gasteiger partial charge in [-0.3, -0.25) is 4.79 Å². The predicted molar refractivity (Wildman–Crippen MR) is 84.3 cm³/mol. The number of anilines is 1. The van der Waals surface area contributed by atoms with E-state index in [2.05, 4.69) is 5.32 Å². The maximum atomic E-state index is 12.3. The number of rotatable bonds is 5. The highest BCUT2D eigenvalue weighted by atomic mass is 35.5. The van der Waals surface area contributed by atoms with Crippen molar-refractivity contribution in [3.63, 3.8) is 0 Å². The van der Waals surface area contributed by atoms with Crippen LogP contribution in [-0.2, 0) is 4.79 Å². The minimum Gasteiger partial charge on any atom is -0.481 e. The highest BCUT2D eigenvalue weighted by Crippen LogP contribution is 2.33. The number of nitrogens with one attached hydrogen (secondary N) is 1. The van der Waals surface area contributed by atoms with E-state index in [9.17, 15) is 9.59 Å². The van der Waals surface area contributed by atoms with Crippen molar-refractivity contribution in [3.8, 4) is 0 Å². The zero-order valence-electron chi connectivity index (χ0n) is 12.1. The van der Waals surface area contributed by atoms with E-state index in [1.54, 1.807) is 32.9 Å². The first-order valence-corrected chi connectivity index (χ1v) is 7.27. The SMILES string of the molecule is CCN(C(=O)Nc1c(Cl)ccc(C)c1Cl)C(C)CC(=O)O. The van der Waals surface area contributed by atoms with Gasteiger partial charge in [-0.1, -0.05) is 29.3 Å². The van der Waals surface area contributed by atoms with E-state index < -0.39 is 18.0 Å². The first-order valence-electron chi connectivity index (χ1n) is 6.51. The number of urea groups is 1. The van der Waals surface area contributed by atoms with Crippen LogP contribution in [0.25, 0.3) is 0 Å². The molecular formula is C14H18Cl2N2O3. The number of hydrogen-bond acceptors (Lipinski definition) is 2. The molecule has 1 unspecified atom stereocenters. The third kappa shape index (κ3) is 4.51. The van der Waals surface area contributed by atoms with E-state index in [-0.39, 0.29) is 6.42 Å². The zero-order chi connectivity index (χ0) is 16.2. The molecule has 1 aromatic carbocycles. The van der Waals surface area contributed by atoms with E-state index in [0.29, 0.717) is 22.3 Å². The Morgan fingerprint density at radius 3 is 2.52 bits per heavy atom. The summed E-state index contributed by atoms with van der Waals surface area (Å²) in [5.41, 5.74) is 1.13. The van der Waals surface area contributed by atoms with Gasteiger partial charge in [0.2, 0.25) is 0 Å². The Labute approximate surface area is 133 Å². The summed E-state index contributed by atoms with van der Waals surface area (Å²) in [6, 6.07) is 2.54. The Morgan fingerprint density at radius 2 is 2.00 bits per heavy atom. The van der Waals surface area contributed by atoms with Crippen molar-refractivity contribution in [2.24, 2.45) is 0 Å². The molecule has 1 rings (SSSR count). The third-order valence-electron chi connectivity index (χ3n) is 3.12. The number of hydrogen-bond donors (Lipinski definition) is 2. The largest absolute Gasteiger partial charge is 0.481 e. The Hall–Kier alpha value is -1.46. The fraction of sp³-hybridized carbons (Fsp3) is 0.429. The Kier molecular flexibility index (Phi) is 6.30. The average Bonchev–Trinajstić information content (AvgIpc) is 2.39. The topological polar surface area (TPSA) is 69.6 Å². The van der Waals surface area contributed by atoms with E-state index >= 15 is 0 Å². The quantitative estimate of drug-likeness (QED) is 0.855. The van der Waals surface area contributed by atoms with Gasteiger partial charge in [0.05, 0.1) is 22.2 Å². The Morgan fingerprint density at radius 1 is 1.38 bits per heavy atom. The normalized spacial score (nSPS) is 11.9. The van der Waals surface area contributed by atoms with Gasteiger partial charge in [-0.25, -0.2) is 4.79 Å². The van der Waals surface area contributed by atoms with Crippen molar-refractivity contribution in [3.05, 3.63) is 27.7 Å². The summed E-state index contributed by atoms with van der Waals surface area (Å²) >= 11 is 12.2. The standard InChI is InChI=1S/C14H18Cl2N2O3/c1-4-18(9(3)7-11(19)20)14(21)17-13-10(15)6-5-8(2)12(13)16/h5-6,9H,4,7H2,1-3H3,(H,17,21)(H,19,20). The molecule has 5 nitrogen and oxygen atoms in total. The number of carbonyl (C=O) groups is 2. The number of carbonyl (C=O) groups excluding carboxylic acids is 1. The van der Waals surface area contributed by atoms with Gasteiger partial charge < -0.3 is 15.3 Å². The summed E-state index contributed by atoms with van der Waals surface area (Å²) in [6.45, 7) is 5.63. The fourth-order valence-electron chi connectivity index (χ4n) is 1.97. The van der Waals surface area contributed by atoms with Crippen molar-refractivity contribution < 1.29 is 14.7 Å². The van der Waals surface area contributed by atoms with Crippen molar-refractivity contribution in [2.45, 2.75) is 33.2 Å².